The molecule has 1 saturated heterocycles. The average Bonchev–Trinajstić information content (AvgIpc) is 2.99. The van der Waals surface area contributed by atoms with Gasteiger partial charge in [0.05, 0.1) is 13.5 Å². The molecule has 1 aromatic rings. The molecule has 0 saturated carbocycles. The maximum absolute atomic E-state index is 12.4. The lowest BCUT2D eigenvalue weighted by Gasteiger charge is -2.26. The lowest BCUT2D eigenvalue weighted by atomic mass is 10.1. The van der Waals surface area contributed by atoms with Crippen LogP contribution in [0.1, 0.15) is 25.8 Å². The van der Waals surface area contributed by atoms with Crippen molar-refractivity contribution in [2.45, 2.75) is 32.7 Å². The molecule has 1 amide bonds. The summed E-state index contributed by atoms with van der Waals surface area (Å²) in [7, 11) is 1.65. The summed E-state index contributed by atoms with van der Waals surface area (Å²) in [5, 5.41) is 0. The fourth-order valence-electron chi connectivity index (χ4n) is 3.04. The monoisotopic (exact) mass is 290 g/mol. The molecule has 0 N–H and O–H groups in total. The minimum Gasteiger partial charge on any atom is -0.497 e. The number of carbonyl (C=O) groups excluding carboxylic acids is 1. The first-order valence-corrected chi connectivity index (χ1v) is 7.82. The Morgan fingerprint density at radius 1 is 1.29 bits per heavy atom. The summed E-state index contributed by atoms with van der Waals surface area (Å²) in [6, 6.07) is 8.28. The van der Waals surface area contributed by atoms with E-state index in [9.17, 15) is 4.79 Å². The Labute approximate surface area is 127 Å². The number of carbonyl (C=O) groups is 1. The molecule has 0 spiro atoms. The van der Waals surface area contributed by atoms with Crippen molar-refractivity contribution in [1.82, 2.24) is 9.80 Å². The van der Waals surface area contributed by atoms with E-state index < -0.39 is 0 Å². The van der Waals surface area contributed by atoms with Crippen LogP contribution in [0.15, 0.2) is 24.3 Å². The predicted molar refractivity (Wildman–Crippen MR) is 84.6 cm³/mol. The predicted octanol–water partition coefficient (Wildman–Crippen LogP) is 2.18. The Hall–Kier alpha value is -1.55. The summed E-state index contributed by atoms with van der Waals surface area (Å²) in [4.78, 5) is 16.8. The maximum Gasteiger partial charge on any atom is 0.227 e. The fourth-order valence-corrected chi connectivity index (χ4v) is 3.04. The van der Waals surface area contributed by atoms with E-state index in [1.165, 1.54) is 0 Å². The Balaban J connectivity index is 1.89. The van der Waals surface area contributed by atoms with Crippen LogP contribution in [0, 0.1) is 0 Å². The molecule has 1 unspecified atom stereocenters. The minimum absolute atomic E-state index is 0.231. The largest absolute Gasteiger partial charge is 0.497 e. The van der Waals surface area contributed by atoms with Gasteiger partial charge < -0.3 is 9.64 Å². The molecule has 116 valence electrons. The number of hydrogen-bond donors (Lipinski definition) is 0. The smallest absolute Gasteiger partial charge is 0.227 e. The molecule has 2 rings (SSSR count). The van der Waals surface area contributed by atoms with Gasteiger partial charge >= 0.3 is 0 Å². The number of likely N-dealkylation sites (N-methyl/N-ethyl adjacent to an activating group) is 1. The Morgan fingerprint density at radius 2 is 1.95 bits per heavy atom. The van der Waals surface area contributed by atoms with Crippen LogP contribution in [0.4, 0.5) is 0 Å². The van der Waals surface area contributed by atoms with Gasteiger partial charge in [0.1, 0.15) is 5.75 Å². The highest BCUT2D eigenvalue weighted by Gasteiger charge is 2.28. The zero-order valence-corrected chi connectivity index (χ0v) is 13.3. The molecular formula is C17H26N2O2. The van der Waals surface area contributed by atoms with Crippen molar-refractivity contribution in [2.75, 3.05) is 33.3 Å². The van der Waals surface area contributed by atoms with Crippen LogP contribution in [0.2, 0.25) is 0 Å². The lowest BCUT2D eigenvalue weighted by Crippen LogP contribution is -2.39. The summed E-state index contributed by atoms with van der Waals surface area (Å²) < 4.78 is 5.14. The van der Waals surface area contributed by atoms with E-state index in [-0.39, 0.29) is 5.91 Å². The number of ether oxygens (including phenoxy) is 1. The van der Waals surface area contributed by atoms with E-state index in [2.05, 4.69) is 18.7 Å². The third kappa shape index (κ3) is 3.97. The number of methoxy groups -OCH3 is 1. The van der Waals surface area contributed by atoms with Gasteiger partial charge in [-0.1, -0.05) is 26.0 Å². The number of amides is 1. The number of rotatable bonds is 6. The van der Waals surface area contributed by atoms with Crippen molar-refractivity contribution in [3.8, 4) is 5.75 Å². The standard InChI is InChI=1S/C17H26N2O2/c1-4-18(5-2)15-10-11-19(13-15)17(20)12-14-6-8-16(21-3)9-7-14/h6-9,15H,4-5,10-13H2,1-3H3. The van der Waals surface area contributed by atoms with Crippen LogP contribution >= 0.6 is 0 Å². The van der Waals surface area contributed by atoms with Crippen molar-refractivity contribution in [2.24, 2.45) is 0 Å². The summed E-state index contributed by atoms with van der Waals surface area (Å²) in [5.74, 6) is 1.06. The molecule has 4 heteroatoms. The molecule has 1 aliphatic heterocycles. The Kier molecular flexibility index (Phi) is 5.62. The summed E-state index contributed by atoms with van der Waals surface area (Å²) in [6.07, 6.45) is 1.57. The van der Waals surface area contributed by atoms with Gasteiger partial charge in [-0.05, 0) is 37.2 Å². The summed E-state index contributed by atoms with van der Waals surface area (Å²) in [5.41, 5.74) is 1.05. The second-order valence-corrected chi connectivity index (χ2v) is 5.53. The SMILES string of the molecule is CCN(CC)C1CCN(C(=O)Cc2ccc(OC)cc2)C1. The van der Waals surface area contributed by atoms with Crippen LogP contribution in [0.3, 0.4) is 0 Å². The van der Waals surface area contributed by atoms with Crippen molar-refractivity contribution in [1.29, 1.82) is 0 Å². The number of hydrogen-bond acceptors (Lipinski definition) is 3. The zero-order valence-electron chi connectivity index (χ0n) is 13.3. The third-order valence-electron chi connectivity index (χ3n) is 4.36. The van der Waals surface area contributed by atoms with Gasteiger partial charge in [0.15, 0.2) is 0 Å². The molecule has 0 aliphatic carbocycles. The second kappa shape index (κ2) is 7.46. The van der Waals surface area contributed by atoms with Gasteiger partial charge in [-0.25, -0.2) is 0 Å². The van der Waals surface area contributed by atoms with Crippen LogP contribution in [-0.4, -0.2) is 55.0 Å². The van der Waals surface area contributed by atoms with E-state index >= 15 is 0 Å². The van der Waals surface area contributed by atoms with E-state index in [1.54, 1.807) is 7.11 Å². The third-order valence-corrected chi connectivity index (χ3v) is 4.36. The van der Waals surface area contributed by atoms with Crippen molar-refractivity contribution in [3.63, 3.8) is 0 Å². The highest BCUT2D eigenvalue weighted by Crippen LogP contribution is 2.18. The van der Waals surface area contributed by atoms with E-state index in [0.717, 1.165) is 43.9 Å². The zero-order chi connectivity index (χ0) is 15.2. The first kappa shape index (κ1) is 15.8. The molecule has 21 heavy (non-hydrogen) atoms. The van der Waals surface area contributed by atoms with Crippen LogP contribution in [-0.2, 0) is 11.2 Å². The molecule has 1 aromatic carbocycles. The van der Waals surface area contributed by atoms with E-state index in [1.807, 2.05) is 29.2 Å². The maximum atomic E-state index is 12.4. The van der Waals surface area contributed by atoms with Gasteiger partial charge in [0.25, 0.3) is 0 Å². The first-order valence-electron chi connectivity index (χ1n) is 7.82. The Bertz CT molecular complexity index is 454. The summed E-state index contributed by atoms with van der Waals surface area (Å²) >= 11 is 0. The summed E-state index contributed by atoms with van der Waals surface area (Å²) in [6.45, 7) is 8.24. The molecule has 1 atom stereocenters. The normalized spacial score (nSPS) is 18.3. The molecule has 0 aromatic heterocycles. The number of nitrogens with zero attached hydrogens (tertiary/aromatic N) is 2. The lowest BCUT2D eigenvalue weighted by molar-refractivity contribution is -0.129. The fraction of sp³-hybridized carbons (Fsp3) is 0.588. The second-order valence-electron chi connectivity index (χ2n) is 5.53. The quantitative estimate of drug-likeness (QED) is 0.805. The van der Waals surface area contributed by atoms with Crippen molar-refractivity contribution in [3.05, 3.63) is 29.8 Å². The Morgan fingerprint density at radius 3 is 2.52 bits per heavy atom. The van der Waals surface area contributed by atoms with Crippen molar-refractivity contribution >= 4 is 5.91 Å². The van der Waals surface area contributed by atoms with Gasteiger partial charge in [-0.2, -0.15) is 0 Å². The highest BCUT2D eigenvalue weighted by molar-refractivity contribution is 5.79. The highest BCUT2D eigenvalue weighted by atomic mass is 16.5. The number of benzene rings is 1. The van der Waals surface area contributed by atoms with Gasteiger partial charge in [-0.3, -0.25) is 9.69 Å². The minimum atomic E-state index is 0.231. The molecule has 1 heterocycles. The van der Waals surface area contributed by atoms with Crippen molar-refractivity contribution < 1.29 is 9.53 Å². The first-order chi connectivity index (χ1) is 10.2. The number of likely N-dealkylation sites (tertiary alicyclic amines) is 1. The topological polar surface area (TPSA) is 32.8 Å². The molecular weight excluding hydrogens is 264 g/mol. The molecule has 0 radical (unpaired) electrons. The van der Waals surface area contributed by atoms with E-state index in [4.69, 9.17) is 4.74 Å². The van der Waals surface area contributed by atoms with Gasteiger partial charge in [-0.15, -0.1) is 0 Å². The van der Waals surface area contributed by atoms with E-state index in [0.29, 0.717) is 12.5 Å². The van der Waals surface area contributed by atoms with Crippen LogP contribution < -0.4 is 4.74 Å². The van der Waals surface area contributed by atoms with Crippen LogP contribution in [0.25, 0.3) is 0 Å². The van der Waals surface area contributed by atoms with Gasteiger partial charge in [0.2, 0.25) is 5.91 Å². The molecule has 4 nitrogen and oxygen atoms in total. The average molecular weight is 290 g/mol. The van der Waals surface area contributed by atoms with Crippen LogP contribution in [0.5, 0.6) is 5.75 Å². The molecule has 1 aliphatic rings. The molecule has 1 fully saturated rings. The van der Waals surface area contributed by atoms with Gasteiger partial charge in [0, 0.05) is 19.1 Å². The molecule has 0 bridgehead atoms.